The SMILES string of the molecule is COCc1nn2c(nnc3c(=O)n([C@H]4CCCC[C@@H]4C)ccc32)c1-c1ccc(Cl)cc1. The smallest absolute Gasteiger partial charge is 0.280 e. The molecular weight excluding hydrogens is 414 g/mol. The number of hydrogen-bond acceptors (Lipinski definition) is 5. The van der Waals surface area contributed by atoms with Crippen molar-refractivity contribution in [2.45, 2.75) is 45.3 Å². The molecule has 0 radical (unpaired) electrons. The van der Waals surface area contributed by atoms with E-state index < -0.39 is 0 Å². The molecule has 0 bridgehead atoms. The summed E-state index contributed by atoms with van der Waals surface area (Å²) in [5.41, 5.74) is 3.95. The van der Waals surface area contributed by atoms with Gasteiger partial charge in [0.25, 0.3) is 5.56 Å². The first-order valence-corrected chi connectivity index (χ1v) is 11.0. The number of benzene rings is 1. The normalized spacial score (nSPS) is 19.3. The second-order valence-corrected chi connectivity index (χ2v) is 8.72. The van der Waals surface area contributed by atoms with Gasteiger partial charge in [0.1, 0.15) is 5.52 Å². The molecular formula is C23H24ClN5O2. The van der Waals surface area contributed by atoms with E-state index in [1.165, 1.54) is 6.42 Å². The molecule has 31 heavy (non-hydrogen) atoms. The molecule has 1 fully saturated rings. The molecule has 0 amide bonds. The first kappa shape index (κ1) is 20.2. The minimum Gasteiger partial charge on any atom is -0.378 e. The molecule has 0 aliphatic heterocycles. The quantitative estimate of drug-likeness (QED) is 0.464. The van der Waals surface area contributed by atoms with Crippen molar-refractivity contribution in [3.63, 3.8) is 0 Å². The molecule has 3 heterocycles. The molecule has 0 N–H and O–H groups in total. The van der Waals surface area contributed by atoms with Gasteiger partial charge < -0.3 is 9.30 Å². The van der Waals surface area contributed by atoms with Gasteiger partial charge in [-0.3, -0.25) is 4.79 Å². The Morgan fingerprint density at radius 2 is 1.90 bits per heavy atom. The van der Waals surface area contributed by atoms with Gasteiger partial charge in [-0.25, -0.2) is 4.52 Å². The Morgan fingerprint density at radius 1 is 1.13 bits per heavy atom. The molecule has 3 aromatic heterocycles. The number of pyridine rings is 1. The van der Waals surface area contributed by atoms with Gasteiger partial charge in [-0.1, -0.05) is 43.5 Å². The van der Waals surface area contributed by atoms with Crippen molar-refractivity contribution in [1.29, 1.82) is 0 Å². The predicted octanol–water partition coefficient (Wildman–Crippen LogP) is 4.66. The third-order valence-electron chi connectivity index (χ3n) is 6.32. The van der Waals surface area contributed by atoms with E-state index in [-0.39, 0.29) is 11.6 Å². The Labute approximate surface area is 184 Å². The van der Waals surface area contributed by atoms with Gasteiger partial charge in [0.2, 0.25) is 0 Å². The maximum Gasteiger partial charge on any atom is 0.280 e. The fraction of sp³-hybridized carbons (Fsp3) is 0.391. The van der Waals surface area contributed by atoms with Crippen molar-refractivity contribution in [3.05, 3.63) is 57.6 Å². The number of nitrogens with zero attached hydrogens (tertiary/aromatic N) is 5. The topological polar surface area (TPSA) is 74.3 Å². The largest absolute Gasteiger partial charge is 0.378 e. The number of fused-ring (bicyclic) bond motifs is 3. The summed E-state index contributed by atoms with van der Waals surface area (Å²) >= 11 is 6.07. The summed E-state index contributed by atoms with van der Waals surface area (Å²) in [5.74, 6) is 0.468. The van der Waals surface area contributed by atoms with E-state index in [2.05, 4.69) is 17.1 Å². The van der Waals surface area contributed by atoms with E-state index in [1.54, 1.807) is 11.6 Å². The number of methoxy groups -OCH3 is 1. The van der Waals surface area contributed by atoms with E-state index in [0.717, 1.165) is 36.1 Å². The molecule has 1 aliphatic rings. The Morgan fingerprint density at radius 3 is 2.65 bits per heavy atom. The fourth-order valence-corrected chi connectivity index (χ4v) is 4.85. The average Bonchev–Trinajstić information content (AvgIpc) is 3.14. The fourth-order valence-electron chi connectivity index (χ4n) is 4.73. The van der Waals surface area contributed by atoms with Crippen molar-refractivity contribution in [1.82, 2.24) is 24.4 Å². The van der Waals surface area contributed by atoms with E-state index in [9.17, 15) is 4.79 Å². The van der Waals surface area contributed by atoms with Crippen LogP contribution < -0.4 is 5.56 Å². The number of hydrogen-bond donors (Lipinski definition) is 0. The van der Waals surface area contributed by atoms with Gasteiger partial charge in [-0.2, -0.15) is 5.10 Å². The van der Waals surface area contributed by atoms with Crippen LogP contribution in [-0.4, -0.2) is 31.5 Å². The summed E-state index contributed by atoms with van der Waals surface area (Å²) in [6.07, 6.45) is 6.42. The maximum atomic E-state index is 13.3. The summed E-state index contributed by atoms with van der Waals surface area (Å²) < 4.78 is 8.92. The number of rotatable bonds is 4. The molecule has 0 spiro atoms. The number of halogens is 1. The van der Waals surface area contributed by atoms with Crippen LogP contribution in [0.3, 0.4) is 0 Å². The minimum absolute atomic E-state index is 0.109. The highest BCUT2D eigenvalue weighted by molar-refractivity contribution is 6.30. The molecule has 1 saturated carbocycles. The number of ether oxygens (including phenoxy) is 1. The lowest BCUT2D eigenvalue weighted by molar-refractivity contribution is 0.181. The highest BCUT2D eigenvalue weighted by Crippen LogP contribution is 2.33. The van der Waals surface area contributed by atoms with Crippen molar-refractivity contribution < 1.29 is 4.74 Å². The minimum atomic E-state index is -0.109. The average molecular weight is 438 g/mol. The summed E-state index contributed by atoms with van der Waals surface area (Å²) in [6.45, 7) is 2.54. The number of aromatic nitrogens is 5. The third kappa shape index (κ3) is 3.42. The second kappa shape index (κ2) is 8.05. The molecule has 160 valence electrons. The molecule has 1 aliphatic carbocycles. The van der Waals surface area contributed by atoms with Crippen LogP contribution in [0.1, 0.15) is 44.3 Å². The summed E-state index contributed by atoms with van der Waals surface area (Å²) in [5, 5.41) is 14.2. The lowest BCUT2D eigenvalue weighted by atomic mass is 9.85. The van der Waals surface area contributed by atoms with E-state index >= 15 is 0 Å². The summed E-state index contributed by atoms with van der Waals surface area (Å²) in [7, 11) is 1.63. The molecule has 0 unspecified atom stereocenters. The van der Waals surface area contributed by atoms with Crippen LogP contribution in [0.4, 0.5) is 0 Å². The highest BCUT2D eigenvalue weighted by atomic mass is 35.5. The van der Waals surface area contributed by atoms with Crippen molar-refractivity contribution in [2.75, 3.05) is 7.11 Å². The van der Waals surface area contributed by atoms with E-state index in [1.807, 2.05) is 41.1 Å². The molecule has 2 atom stereocenters. The Balaban J connectivity index is 1.71. The van der Waals surface area contributed by atoms with Crippen molar-refractivity contribution in [3.8, 4) is 11.1 Å². The Bertz CT molecular complexity index is 1310. The molecule has 8 heteroatoms. The molecule has 1 aromatic carbocycles. The van der Waals surface area contributed by atoms with Crippen LogP contribution in [0.15, 0.2) is 41.3 Å². The van der Waals surface area contributed by atoms with Crippen molar-refractivity contribution in [2.24, 2.45) is 5.92 Å². The van der Waals surface area contributed by atoms with Crippen LogP contribution in [0, 0.1) is 5.92 Å². The van der Waals surface area contributed by atoms with Crippen LogP contribution in [0.25, 0.3) is 27.8 Å². The zero-order valence-corrected chi connectivity index (χ0v) is 18.3. The predicted molar refractivity (Wildman–Crippen MR) is 120 cm³/mol. The standard InChI is InChI=1S/C23H24ClN5O2/c1-14-5-3-4-6-18(14)28-12-11-19-21(23(28)30)25-26-22-20(15-7-9-16(24)10-8-15)17(13-31-2)27-29(19)22/h7-12,14,18H,3-6,13H2,1-2H3/t14-,18-/m0/s1. The molecule has 5 rings (SSSR count). The van der Waals surface area contributed by atoms with Gasteiger partial charge in [0, 0.05) is 24.4 Å². The zero-order valence-electron chi connectivity index (χ0n) is 17.6. The molecule has 0 saturated heterocycles. The van der Waals surface area contributed by atoms with Crippen molar-refractivity contribution >= 4 is 28.3 Å². The Kier molecular flexibility index (Phi) is 5.24. The van der Waals surface area contributed by atoms with E-state index in [4.69, 9.17) is 21.4 Å². The van der Waals surface area contributed by atoms with Gasteiger partial charge in [0.05, 0.1) is 17.9 Å². The Hall–Kier alpha value is -2.77. The van der Waals surface area contributed by atoms with Gasteiger partial charge in [-0.05, 0) is 42.5 Å². The van der Waals surface area contributed by atoms with Gasteiger partial charge >= 0.3 is 0 Å². The summed E-state index contributed by atoms with van der Waals surface area (Å²) in [4.78, 5) is 13.3. The van der Waals surface area contributed by atoms with Crippen LogP contribution in [-0.2, 0) is 11.3 Å². The van der Waals surface area contributed by atoms with E-state index in [0.29, 0.717) is 34.2 Å². The molecule has 4 aromatic rings. The van der Waals surface area contributed by atoms with Gasteiger partial charge in [-0.15, -0.1) is 10.2 Å². The van der Waals surface area contributed by atoms with Crippen LogP contribution in [0.2, 0.25) is 5.02 Å². The third-order valence-corrected chi connectivity index (χ3v) is 6.57. The maximum absolute atomic E-state index is 13.3. The second-order valence-electron chi connectivity index (χ2n) is 8.29. The lowest BCUT2D eigenvalue weighted by Gasteiger charge is -2.30. The first-order chi connectivity index (χ1) is 15.1. The monoisotopic (exact) mass is 437 g/mol. The zero-order chi connectivity index (χ0) is 21.5. The first-order valence-electron chi connectivity index (χ1n) is 10.6. The van der Waals surface area contributed by atoms with Gasteiger partial charge in [0.15, 0.2) is 11.2 Å². The lowest BCUT2D eigenvalue weighted by Crippen LogP contribution is -2.31. The van der Waals surface area contributed by atoms with Crippen LogP contribution >= 0.6 is 11.6 Å². The van der Waals surface area contributed by atoms with Crippen LogP contribution in [0.5, 0.6) is 0 Å². The molecule has 7 nitrogen and oxygen atoms in total. The highest BCUT2D eigenvalue weighted by Gasteiger charge is 2.25. The summed E-state index contributed by atoms with van der Waals surface area (Å²) in [6, 6.07) is 9.63.